The third-order valence-electron chi connectivity index (χ3n) is 5.56. The zero-order chi connectivity index (χ0) is 21.8. The van der Waals surface area contributed by atoms with E-state index in [9.17, 15) is 14.0 Å². The Balaban J connectivity index is 1.38. The molecule has 1 aliphatic rings. The van der Waals surface area contributed by atoms with Gasteiger partial charge in [-0.15, -0.1) is 0 Å². The van der Waals surface area contributed by atoms with Crippen molar-refractivity contribution in [3.63, 3.8) is 0 Å². The van der Waals surface area contributed by atoms with Crippen LogP contribution in [0.15, 0.2) is 41.5 Å². The molecule has 0 unspecified atom stereocenters. The van der Waals surface area contributed by atoms with Crippen LogP contribution in [0.2, 0.25) is 0 Å². The van der Waals surface area contributed by atoms with Crippen LogP contribution in [0.4, 0.5) is 10.1 Å². The van der Waals surface area contributed by atoms with Crippen LogP contribution >= 0.6 is 0 Å². The van der Waals surface area contributed by atoms with Crippen molar-refractivity contribution < 1.29 is 9.18 Å². The van der Waals surface area contributed by atoms with E-state index >= 15 is 0 Å². The van der Waals surface area contributed by atoms with Gasteiger partial charge in [-0.2, -0.15) is 0 Å². The Kier molecular flexibility index (Phi) is 6.22. The highest BCUT2D eigenvalue weighted by Gasteiger charge is 2.18. The minimum absolute atomic E-state index is 0.112. The molecule has 1 saturated heterocycles. The largest absolute Gasteiger partial charge is 0.368 e. The Hall–Kier alpha value is -3.33. The van der Waals surface area contributed by atoms with E-state index in [4.69, 9.17) is 0 Å². The third kappa shape index (κ3) is 4.72. The highest BCUT2D eigenvalue weighted by molar-refractivity contribution is 5.92. The van der Waals surface area contributed by atoms with Gasteiger partial charge in [-0.25, -0.2) is 4.98 Å². The van der Waals surface area contributed by atoms with E-state index in [1.165, 1.54) is 0 Å². The number of aromatic nitrogens is 3. The zero-order valence-electron chi connectivity index (χ0n) is 17.4. The van der Waals surface area contributed by atoms with Gasteiger partial charge in [-0.1, -0.05) is 0 Å². The average Bonchev–Trinajstić information content (AvgIpc) is 2.80. The molecule has 4 rings (SSSR count). The summed E-state index contributed by atoms with van der Waals surface area (Å²) in [6, 6.07) is 7.27. The van der Waals surface area contributed by atoms with E-state index in [0.29, 0.717) is 17.8 Å². The minimum atomic E-state index is -0.555. The summed E-state index contributed by atoms with van der Waals surface area (Å²) in [6.45, 7) is 3.55. The predicted molar refractivity (Wildman–Crippen MR) is 117 cm³/mol. The molecule has 3 aromatic heterocycles. The molecular weight excluding hydrogens is 399 g/mol. The number of anilines is 1. The molecule has 0 bridgehead atoms. The van der Waals surface area contributed by atoms with Crippen LogP contribution in [-0.4, -0.2) is 65.7 Å². The standard InChI is InChI=1S/C22H25FN6O2/c1-24-22(31)19-3-2-18(13-26-19)29-8-6-28(7-9-29)14-17-11-20-16(12-25-17)10-15(4-5-23)21(30)27-20/h2-3,10-13H,4-9,14H2,1H3,(H,24,31)(H,27,30). The monoisotopic (exact) mass is 424 g/mol. The van der Waals surface area contributed by atoms with Crippen LogP contribution in [0.25, 0.3) is 10.9 Å². The number of pyridine rings is 3. The lowest BCUT2D eigenvalue weighted by molar-refractivity contribution is 0.0958. The van der Waals surface area contributed by atoms with Crippen molar-refractivity contribution >= 4 is 22.5 Å². The number of aromatic amines is 1. The Morgan fingerprint density at radius 2 is 1.97 bits per heavy atom. The van der Waals surface area contributed by atoms with Crippen LogP contribution in [0.5, 0.6) is 0 Å². The predicted octanol–water partition coefficient (Wildman–Crippen LogP) is 1.51. The Morgan fingerprint density at radius 1 is 1.16 bits per heavy atom. The summed E-state index contributed by atoms with van der Waals surface area (Å²) in [5, 5.41) is 3.38. The smallest absolute Gasteiger partial charge is 0.269 e. The van der Waals surface area contributed by atoms with Crippen molar-refractivity contribution in [1.82, 2.24) is 25.2 Å². The number of carbonyl (C=O) groups excluding carboxylic acids is 1. The number of nitrogens with one attached hydrogen (secondary N) is 2. The summed E-state index contributed by atoms with van der Waals surface area (Å²) >= 11 is 0. The Morgan fingerprint density at radius 3 is 2.65 bits per heavy atom. The van der Waals surface area contributed by atoms with E-state index < -0.39 is 6.67 Å². The molecule has 4 heterocycles. The minimum Gasteiger partial charge on any atom is -0.368 e. The van der Waals surface area contributed by atoms with Gasteiger partial charge in [-0.3, -0.25) is 23.9 Å². The lowest BCUT2D eigenvalue weighted by atomic mass is 10.1. The van der Waals surface area contributed by atoms with Gasteiger partial charge in [0.15, 0.2) is 0 Å². The number of carbonyl (C=O) groups is 1. The summed E-state index contributed by atoms with van der Waals surface area (Å²) < 4.78 is 12.6. The van der Waals surface area contributed by atoms with E-state index in [1.807, 2.05) is 12.1 Å². The number of halogens is 1. The maximum absolute atomic E-state index is 12.6. The van der Waals surface area contributed by atoms with Gasteiger partial charge < -0.3 is 15.2 Å². The number of piperazine rings is 1. The number of amides is 1. The molecule has 162 valence electrons. The fourth-order valence-electron chi connectivity index (χ4n) is 3.79. The van der Waals surface area contributed by atoms with Crippen molar-refractivity contribution in [3.05, 3.63) is 64.0 Å². The maximum atomic E-state index is 12.6. The number of rotatable bonds is 6. The molecule has 0 aliphatic carbocycles. The summed E-state index contributed by atoms with van der Waals surface area (Å²) in [4.78, 5) is 39.9. The van der Waals surface area contributed by atoms with Crippen molar-refractivity contribution in [1.29, 1.82) is 0 Å². The first-order valence-electron chi connectivity index (χ1n) is 10.3. The fourth-order valence-corrected chi connectivity index (χ4v) is 3.79. The zero-order valence-corrected chi connectivity index (χ0v) is 17.4. The van der Waals surface area contributed by atoms with Gasteiger partial charge in [0.05, 0.1) is 29.8 Å². The van der Waals surface area contributed by atoms with Gasteiger partial charge in [0, 0.05) is 63.3 Å². The number of aryl methyl sites for hydroxylation is 1. The number of hydrogen-bond donors (Lipinski definition) is 2. The molecule has 0 spiro atoms. The molecule has 1 aliphatic heterocycles. The van der Waals surface area contributed by atoms with Crippen LogP contribution < -0.4 is 15.8 Å². The average molecular weight is 424 g/mol. The summed E-state index contributed by atoms with van der Waals surface area (Å²) in [7, 11) is 1.59. The second-order valence-electron chi connectivity index (χ2n) is 7.57. The molecule has 0 aromatic carbocycles. The van der Waals surface area contributed by atoms with Crippen LogP contribution in [0.3, 0.4) is 0 Å². The Labute approximate surface area is 179 Å². The first-order valence-corrected chi connectivity index (χ1v) is 10.3. The lowest BCUT2D eigenvalue weighted by Gasteiger charge is -2.35. The molecule has 0 saturated carbocycles. The van der Waals surface area contributed by atoms with Crippen LogP contribution in [0, 0.1) is 0 Å². The van der Waals surface area contributed by atoms with Crippen molar-refractivity contribution in [3.8, 4) is 0 Å². The lowest BCUT2D eigenvalue weighted by Crippen LogP contribution is -2.46. The van der Waals surface area contributed by atoms with Crippen LogP contribution in [0.1, 0.15) is 21.7 Å². The van der Waals surface area contributed by atoms with Gasteiger partial charge in [-0.05, 0) is 24.3 Å². The SMILES string of the molecule is CNC(=O)c1ccc(N2CCN(Cc3cc4[nH]c(=O)c(CCF)cc4cn3)CC2)cn1. The first-order chi connectivity index (χ1) is 15.1. The summed E-state index contributed by atoms with van der Waals surface area (Å²) in [6.07, 6.45) is 3.58. The fraction of sp³-hybridized carbons (Fsp3) is 0.364. The van der Waals surface area contributed by atoms with E-state index in [-0.39, 0.29) is 17.9 Å². The van der Waals surface area contributed by atoms with E-state index in [1.54, 1.807) is 31.6 Å². The molecule has 31 heavy (non-hydrogen) atoms. The molecule has 8 nitrogen and oxygen atoms in total. The van der Waals surface area contributed by atoms with Crippen molar-refractivity contribution in [2.24, 2.45) is 0 Å². The van der Waals surface area contributed by atoms with Crippen LogP contribution in [-0.2, 0) is 13.0 Å². The molecule has 1 fully saturated rings. The van der Waals surface area contributed by atoms with Crippen molar-refractivity contribution in [2.45, 2.75) is 13.0 Å². The number of fused-ring (bicyclic) bond motifs is 1. The molecule has 3 aromatic rings. The van der Waals surface area contributed by atoms with Gasteiger partial charge in [0.25, 0.3) is 11.5 Å². The molecule has 2 N–H and O–H groups in total. The maximum Gasteiger partial charge on any atom is 0.269 e. The summed E-state index contributed by atoms with van der Waals surface area (Å²) in [5.74, 6) is -0.195. The van der Waals surface area contributed by atoms with Gasteiger partial charge >= 0.3 is 0 Å². The number of nitrogens with zero attached hydrogens (tertiary/aromatic N) is 4. The Bertz CT molecular complexity index is 1120. The normalized spacial score (nSPS) is 14.7. The second kappa shape index (κ2) is 9.22. The molecule has 0 radical (unpaired) electrons. The van der Waals surface area contributed by atoms with Gasteiger partial charge in [0.2, 0.25) is 0 Å². The number of H-pyrrole nitrogens is 1. The summed E-state index contributed by atoms with van der Waals surface area (Å²) in [5.41, 5.74) is 3.20. The first kappa shape index (κ1) is 20.9. The molecule has 9 heteroatoms. The van der Waals surface area contributed by atoms with Gasteiger partial charge in [0.1, 0.15) is 5.69 Å². The quantitative estimate of drug-likeness (QED) is 0.623. The third-order valence-corrected chi connectivity index (χ3v) is 5.56. The number of hydrogen-bond acceptors (Lipinski definition) is 6. The topological polar surface area (TPSA) is 94.2 Å². The van der Waals surface area contributed by atoms with E-state index in [0.717, 1.165) is 48.5 Å². The second-order valence-corrected chi connectivity index (χ2v) is 7.57. The highest BCUT2D eigenvalue weighted by Crippen LogP contribution is 2.18. The van der Waals surface area contributed by atoms with Crippen molar-refractivity contribution in [2.75, 3.05) is 44.8 Å². The highest BCUT2D eigenvalue weighted by atomic mass is 19.1. The number of alkyl halides is 1. The molecule has 0 atom stereocenters. The molecule has 1 amide bonds. The molecular formula is C22H25FN6O2. The van der Waals surface area contributed by atoms with E-state index in [2.05, 4.69) is 30.1 Å².